The van der Waals surface area contributed by atoms with Crippen molar-refractivity contribution in [2.45, 2.75) is 151 Å². The molecule has 184 valence electrons. The smallest absolute Gasteiger partial charge is 0.473 e. The first-order valence-corrected chi connectivity index (χ1v) is 17.3. The van der Waals surface area contributed by atoms with Crippen LogP contribution in [0.25, 0.3) is 0 Å². The third kappa shape index (κ3) is 34.5. The van der Waals surface area contributed by atoms with Crippen LogP contribution in [0, 0.1) is 0 Å². The third-order valence-electron chi connectivity index (χ3n) is 5.60. The minimum Gasteiger partial charge on any atom is -0.473 e. The number of rotatable bonds is 22. The SMILES string of the molecule is CCCCCCCCCCC[CH2][Sn][CH2]CCCCCCCCCCC.O=C(O)C(=O)O. The van der Waals surface area contributed by atoms with Gasteiger partial charge in [-0.15, -0.1) is 0 Å². The van der Waals surface area contributed by atoms with Gasteiger partial charge in [0.2, 0.25) is 0 Å². The summed E-state index contributed by atoms with van der Waals surface area (Å²) in [4.78, 5) is 18.2. The number of hydrogen-bond donors (Lipinski definition) is 2. The van der Waals surface area contributed by atoms with Crippen LogP contribution in [0.2, 0.25) is 8.87 Å². The summed E-state index contributed by atoms with van der Waals surface area (Å²) in [5, 5.41) is 14.8. The van der Waals surface area contributed by atoms with Crippen molar-refractivity contribution in [3.05, 3.63) is 0 Å². The number of carboxylic acid groups (broad SMARTS) is 2. The molecule has 0 rings (SSSR count). The fourth-order valence-electron chi connectivity index (χ4n) is 3.60. The summed E-state index contributed by atoms with van der Waals surface area (Å²) in [6.45, 7) is 4.61. The molecule has 0 spiro atoms. The summed E-state index contributed by atoms with van der Waals surface area (Å²) >= 11 is 0.0377. The molecule has 0 fully saturated rings. The van der Waals surface area contributed by atoms with E-state index in [-0.39, 0.29) is 21.1 Å². The first kappa shape index (κ1) is 32.9. The number of hydrogen-bond acceptors (Lipinski definition) is 2. The molecular weight excluding hydrogens is 495 g/mol. The zero-order valence-electron chi connectivity index (χ0n) is 20.8. The fraction of sp³-hybridized carbons (Fsp3) is 0.923. The van der Waals surface area contributed by atoms with Crippen LogP contribution >= 0.6 is 0 Å². The normalized spacial score (nSPS) is 10.5. The summed E-state index contributed by atoms with van der Waals surface area (Å²) in [6.07, 6.45) is 29.8. The molecule has 0 heterocycles. The quantitative estimate of drug-likeness (QED) is 0.0810. The topological polar surface area (TPSA) is 74.6 Å². The summed E-state index contributed by atoms with van der Waals surface area (Å²) in [5.74, 6) is -3.65. The number of aliphatic carboxylic acids is 2. The van der Waals surface area contributed by atoms with Crippen molar-refractivity contribution in [3.8, 4) is 0 Å². The predicted molar refractivity (Wildman–Crippen MR) is 134 cm³/mol. The second-order valence-corrected chi connectivity index (χ2v) is 13.0. The van der Waals surface area contributed by atoms with Crippen LogP contribution in [0.1, 0.15) is 142 Å². The van der Waals surface area contributed by atoms with Crippen LogP contribution in [0.15, 0.2) is 0 Å². The second-order valence-electron chi connectivity index (χ2n) is 8.72. The molecule has 4 nitrogen and oxygen atoms in total. The molecule has 0 saturated carbocycles. The molecule has 0 unspecified atom stereocenters. The van der Waals surface area contributed by atoms with Gasteiger partial charge in [-0.2, -0.15) is 0 Å². The first-order chi connectivity index (χ1) is 15.1. The minimum absolute atomic E-state index is 0.0377. The molecule has 0 aliphatic rings. The van der Waals surface area contributed by atoms with Gasteiger partial charge in [0.05, 0.1) is 0 Å². The van der Waals surface area contributed by atoms with Gasteiger partial charge in [0.1, 0.15) is 0 Å². The monoisotopic (exact) mass is 548 g/mol. The van der Waals surface area contributed by atoms with E-state index in [0.29, 0.717) is 0 Å². The first-order valence-electron chi connectivity index (χ1n) is 13.2. The van der Waals surface area contributed by atoms with Crippen LogP contribution in [0.4, 0.5) is 0 Å². The Balaban J connectivity index is 0. The maximum absolute atomic E-state index is 9.10. The van der Waals surface area contributed by atoms with Gasteiger partial charge >= 0.3 is 184 Å². The Bertz CT molecular complexity index is 340. The Kier molecular flexibility index (Phi) is 31.6. The zero-order valence-corrected chi connectivity index (χ0v) is 23.6. The van der Waals surface area contributed by atoms with E-state index in [2.05, 4.69) is 13.8 Å². The fourth-order valence-corrected chi connectivity index (χ4v) is 7.17. The van der Waals surface area contributed by atoms with Gasteiger partial charge in [-0.1, -0.05) is 0 Å². The van der Waals surface area contributed by atoms with Crippen molar-refractivity contribution in [1.29, 1.82) is 0 Å². The van der Waals surface area contributed by atoms with E-state index in [9.17, 15) is 0 Å². The van der Waals surface area contributed by atoms with Crippen LogP contribution < -0.4 is 0 Å². The molecule has 2 radical (unpaired) electrons. The van der Waals surface area contributed by atoms with Crippen molar-refractivity contribution in [3.63, 3.8) is 0 Å². The molecule has 2 N–H and O–H groups in total. The molecule has 0 amide bonds. The molecule has 0 aromatic rings. The van der Waals surface area contributed by atoms with E-state index in [0.717, 1.165) is 0 Å². The van der Waals surface area contributed by atoms with Crippen LogP contribution in [0.5, 0.6) is 0 Å². The Morgan fingerprint density at radius 3 is 0.903 bits per heavy atom. The number of carbonyl (C=O) groups is 2. The van der Waals surface area contributed by atoms with Crippen molar-refractivity contribution >= 4 is 33.1 Å². The van der Waals surface area contributed by atoms with Crippen LogP contribution in [-0.2, 0) is 9.59 Å². The zero-order chi connectivity index (χ0) is 23.4. The molecule has 0 aliphatic heterocycles. The van der Waals surface area contributed by atoms with Gasteiger partial charge in [0, 0.05) is 0 Å². The molecule has 0 bridgehead atoms. The van der Waals surface area contributed by atoms with Crippen molar-refractivity contribution < 1.29 is 19.8 Å². The van der Waals surface area contributed by atoms with Gasteiger partial charge in [-0.05, 0) is 0 Å². The molecule has 0 aliphatic carbocycles. The van der Waals surface area contributed by atoms with Gasteiger partial charge in [0.25, 0.3) is 0 Å². The van der Waals surface area contributed by atoms with Crippen LogP contribution in [-0.4, -0.2) is 43.3 Å². The third-order valence-corrected chi connectivity index (χ3v) is 9.63. The summed E-state index contributed by atoms with van der Waals surface area (Å²) in [5.41, 5.74) is 0. The van der Waals surface area contributed by atoms with Gasteiger partial charge in [0.15, 0.2) is 0 Å². The van der Waals surface area contributed by atoms with E-state index in [1.807, 2.05) is 0 Å². The van der Waals surface area contributed by atoms with Gasteiger partial charge in [-0.3, -0.25) is 0 Å². The second kappa shape index (κ2) is 29.7. The van der Waals surface area contributed by atoms with Crippen molar-refractivity contribution in [2.24, 2.45) is 0 Å². The molecule has 0 atom stereocenters. The molecule has 0 aromatic heterocycles. The van der Waals surface area contributed by atoms with Crippen LogP contribution in [0.3, 0.4) is 0 Å². The average molecular weight is 547 g/mol. The minimum atomic E-state index is -1.82. The Morgan fingerprint density at radius 2 is 0.677 bits per heavy atom. The summed E-state index contributed by atoms with van der Waals surface area (Å²) in [7, 11) is 0. The van der Waals surface area contributed by atoms with E-state index in [1.165, 1.54) is 116 Å². The van der Waals surface area contributed by atoms with E-state index in [1.54, 1.807) is 21.7 Å². The van der Waals surface area contributed by atoms with Crippen molar-refractivity contribution in [2.75, 3.05) is 0 Å². The average Bonchev–Trinajstić information content (AvgIpc) is 2.75. The molecule has 0 saturated heterocycles. The Morgan fingerprint density at radius 1 is 0.452 bits per heavy atom. The summed E-state index contributed by atoms with van der Waals surface area (Å²) in [6, 6.07) is 0. The standard InChI is InChI=1S/2C12H25.C2H2O4.Sn/c2*1-3-5-7-9-11-12-10-8-6-4-2;3-1(4)2(5)6;/h2*1,3-12H2,2H3;(H,3,4)(H,5,6);. The predicted octanol–water partition coefficient (Wildman–Crippen LogP) is 8.52. The number of unbranched alkanes of at least 4 members (excludes halogenated alkanes) is 18. The molecule has 31 heavy (non-hydrogen) atoms. The van der Waals surface area contributed by atoms with Crippen molar-refractivity contribution in [1.82, 2.24) is 0 Å². The van der Waals surface area contributed by atoms with E-state index in [4.69, 9.17) is 19.8 Å². The Hall–Kier alpha value is -0.261. The maximum atomic E-state index is 9.10. The van der Waals surface area contributed by atoms with Gasteiger partial charge < -0.3 is 10.2 Å². The van der Waals surface area contributed by atoms with E-state index < -0.39 is 11.9 Å². The molecule has 0 aromatic carbocycles. The number of carboxylic acids is 2. The summed E-state index contributed by atoms with van der Waals surface area (Å²) < 4.78 is 3.33. The molecule has 5 heteroatoms. The Labute approximate surface area is 203 Å². The van der Waals surface area contributed by atoms with Gasteiger partial charge in [-0.25, -0.2) is 9.59 Å². The molecular formula is C26H52O4Sn. The van der Waals surface area contributed by atoms with E-state index >= 15 is 0 Å².